The Hall–Kier alpha value is -3.66. The summed E-state index contributed by atoms with van der Waals surface area (Å²) in [5.41, 5.74) is 4.16. The molecule has 0 saturated heterocycles. The van der Waals surface area contributed by atoms with Gasteiger partial charge in [-0.2, -0.15) is 9.78 Å². The molecule has 27 heavy (non-hydrogen) atoms. The first-order chi connectivity index (χ1) is 13.3. The largest absolute Gasteiger partial charge is 0.438 e. The topological polar surface area (TPSA) is 44.1 Å². The number of aldehydes is 1. The van der Waals surface area contributed by atoms with Crippen molar-refractivity contribution in [1.82, 2.24) is 9.78 Å². The Morgan fingerprint density at radius 3 is 2.04 bits per heavy atom. The second kappa shape index (κ2) is 7.30. The van der Waals surface area contributed by atoms with Crippen molar-refractivity contribution >= 4 is 6.29 Å². The molecule has 132 valence electrons. The summed E-state index contributed by atoms with van der Waals surface area (Å²) < 4.78 is 7.72. The minimum Gasteiger partial charge on any atom is -0.438 e. The summed E-state index contributed by atoms with van der Waals surface area (Å²) in [6.07, 6.45) is 0.787. The standard InChI is InChI=1S/C23H18N2O2/c1-17-22(16-26)23(25(24-17)20-10-6-3-7-11-20)27-21-14-12-19(13-15-21)18-8-4-2-5-9-18/h2-16H,1H3. The first kappa shape index (κ1) is 16.8. The summed E-state index contributed by atoms with van der Waals surface area (Å²) in [6.45, 7) is 1.80. The first-order valence-electron chi connectivity index (χ1n) is 8.70. The van der Waals surface area contributed by atoms with Crippen molar-refractivity contribution in [3.05, 3.63) is 96.2 Å². The van der Waals surface area contributed by atoms with Crippen LogP contribution in [0.5, 0.6) is 11.6 Å². The zero-order valence-corrected chi connectivity index (χ0v) is 14.9. The molecule has 0 spiro atoms. The zero-order valence-electron chi connectivity index (χ0n) is 14.9. The molecule has 1 heterocycles. The molecule has 0 atom stereocenters. The fourth-order valence-electron chi connectivity index (χ4n) is 2.95. The first-order valence-corrected chi connectivity index (χ1v) is 8.70. The maximum absolute atomic E-state index is 11.6. The number of nitrogens with zero attached hydrogens (tertiary/aromatic N) is 2. The molecule has 3 aromatic carbocycles. The number of carbonyl (C=O) groups excluding carboxylic acids is 1. The zero-order chi connectivity index (χ0) is 18.6. The molecule has 0 unspecified atom stereocenters. The minimum absolute atomic E-state index is 0.418. The molecular weight excluding hydrogens is 336 g/mol. The van der Waals surface area contributed by atoms with Gasteiger partial charge >= 0.3 is 0 Å². The Labute approximate surface area is 157 Å². The van der Waals surface area contributed by atoms with Crippen molar-refractivity contribution < 1.29 is 9.53 Å². The van der Waals surface area contributed by atoms with Crippen molar-refractivity contribution in [3.63, 3.8) is 0 Å². The SMILES string of the molecule is Cc1nn(-c2ccccc2)c(Oc2ccc(-c3ccccc3)cc2)c1C=O. The summed E-state index contributed by atoms with van der Waals surface area (Å²) in [6, 6.07) is 27.6. The van der Waals surface area contributed by atoms with Gasteiger partial charge in [-0.05, 0) is 42.3 Å². The highest BCUT2D eigenvalue weighted by Crippen LogP contribution is 2.30. The fraction of sp³-hybridized carbons (Fsp3) is 0.0435. The lowest BCUT2D eigenvalue weighted by Gasteiger charge is -2.10. The normalized spacial score (nSPS) is 10.6. The highest BCUT2D eigenvalue weighted by atomic mass is 16.5. The molecule has 1 aromatic heterocycles. The van der Waals surface area contributed by atoms with Crippen LogP contribution in [-0.2, 0) is 0 Å². The number of aryl methyl sites for hydroxylation is 1. The van der Waals surface area contributed by atoms with E-state index in [9.17, 15) is 4.79 Å². The highest BCUT2D eigenvalue weighted by Gasteiger charge is 2.18. The van der Waals surface area contributed by atoms with Gasteiger partial charge in [0.15, 0.2) is 6.29 Å². The molecule has 0 radical (unpaired) electrons. The van der Waals surface area contributed by atoms with Gasteiger partial charge in [-0.3, -0.25) is 4.79 Å². The Morgan fingerprint density at radius 2 is 1.41 bits per heavy atom. The lowest BCUT2D eigenvalue weighted by molar-refractivity contribution is 0.112. The van der Waals surface area contributed by atoms with Crippen LogP contribution in [-0.4, -0.2) is 16.1 Å². The Balaban J connectivity index is 1.69. The van der Waals surface area contributed by atoms with Gasteiger partial charge in [0.25, 0.3) is 0 Å². The minimum atomic E-state index is 0.418. The molecule has 0 aliphatic rings. The number of carbonyl (C=O) groups is 1. The van der Waals surface area contributed by atoms with Crippen LogP contribution in [0.25, 0.3) is 16.8 Å². The smallest absolute Gasteiger partial charge is 0.233 e. The van der Waals surface area contributed by atoms with E-state index in [4.69, 9.17) is 4.74 Å². The van der Waals surface area contributed by atoms with Gasteiger partial charge in [0.1, 0.15) is 5.75 Å². The average molecular weight is 354 g/mol. The number of rotatable bonds is 5. The van der Waals surface area contributed by atoms with Gasteiger partial charge in [0.2, 0.25) is 5.88 Å². The quantitative estimate of drug-likeness (QED) is 0.448. The van der Waals surface area contributed by atoms with Crippen molar-refractivity contribution in [3.8, 4) is 28.4 Å². The van der Waals surface area contributed by atoms with Gasteiger partial charge in [-0.15, -0.1) is 0 Å². The Morgan fingerprint density at radius 1 is 0.815 bits per heavy atom. The molecule has 4 rings (SSSR count). The summed E-state index contributed by atoms with van der Waals surface area (Å²) in [5, 5.41) is 4.47. The lowest BCUT2D eigenvalue weighted by Crippen LogP contribution is -2.00. The maximum Gasteiger partial charge on any atom is 0.233 e. The van der Waals surface area contributed by atoms with E-state index < -0.39 is 0 Å². The summed E-state index contributed by atoms with van der Waals surface area (Å²) in [4.78, 5) is 11.6. The number of hydrogen-bond donors (Lipinski definition) is 0. The van der Waals surface area contributed by atoms with E-state index in [-0.39, 0.29) is 0 Å². The maximum atomic E-state index is 11.6. The van der Waals surface area contributed by atoms with Crippen LogP contribution in [0, 0.1) is 6.92 Å². The molecule has 0 aliphatic carbocycles. The second-order valence-electron chi connectivity index (χ2n) is 6.16. The van der Waals surface area contributed by atoms with Crippen LogP contribution in [0.4, 0.5) is 0 Å². The van der Waals surface area contributed by atoms with Gasteiger partial charge in [0.05, 0.1) is 16.9 Å². The Kier molecular flexibility index (Phi) is 4.54. The molecular formula is C23H18N2O2. The van der Waals surface area contributed by atoms with Crippen LogP contribution < -0.4 is 4.74 Å². The van der Waals surface area contributed by atoms with Crippen LogP contribution >= 0.6 is 0 Å². The molecule has 0 fully saturated rings. The third-order valence-electron chi connectivity index (χ3n) is 4.36. The van der Waals surface area contributed by atoms with E-state index in [1.165, 1.54) is 0 Å². The molecule has 0 aliphatic heterocycles. The molecule has 0 amide bonds. The Bertz CT molecular complexity index is 1050. The molecule has 0 bridgehead atoms. The summed E-state index contributed by atoms with van der Waals surface area (Å²) >= 11 is 0. The molecule has 4 heteroatoms. The third kappa shape index (κ3) is 3.37. The predicted molar refractivity (Wildman–Crippen MR) is 106 cm³/mol. The van der Waals surface area contributed by atoms with Crippen molar-refractivity contribution in [2.24, 2.45) is 0 Å². The van der Waals surface area contributed by atoms with E-state index in [0.29, 0.717) is 22.9 Å². The highest BCUT2D eigenvalue weighted by molar-refractivity contribution is 5.80. The summed E-state index contributed by atoms with van der Waals surface area (Å²) in [7, 11) is 0. The van der Waals surface area contributed by atoms with E-state index in [2.05, 4.69) is 17.2 Å². The van der Waals surface area contributed by atoms with E-state index >= 15 is 0 Å². The van der Waals surface area contributed by atoms with Crippen LogP contribution in [0.15, 0.2) is 84.9 Å². The number of benzene rings is 3. The molecule has 4 nitrogen and oxygen atoms in total. The average Bonchev–Trinajstić information content (AvgIpc) is 3.05. The predicted octanol–water partition coefficient (Wildman–Crippen LogP) is 5.45. The molecule has 0 N–H and O–H groups in total. The van der Waals surface area contributed by atoms with E-state index in [1.54, 1.807) is 11.6 Å². The van der Waals surface area contributed by atoms with Crippen molar-refractivity contribution in [2.45, 2.75) is 6.92 Å². The fourth-order valence-corrected chi connectivity index (χ4v) is 2.95. The third-order valence-corrected chi connectivity index (χ3v) is 4.36. The molecule has 4 aromatic rings. The van der Waals surface area contributed by atoms with Gasteiger partial charge in [0, 0.05) is 0 Å². The van der Waals surface area contributed by atoms with Gasteiger partial charge in [-0.25, -0.2) is 0 Å². The number of para-hydroxylation sites is 1. The van der Waals surface area contributed by atoms with Gasteiger partial charge in [-0.1, -0.05) is 60.7 Å². The van der Waals surface area contributed by atoms with Gasteiger partial charge < -0.3 is 4.74 Å². The number of aromatic nitrogens is 2. The summed E-state index contributed by atoms with van der Waals surface area (Å²) in [5.74, 6) is 1.07. The number of hydrogen-bond acceptors (Lipinski definition) is 3. The van der Waals surface area contributed by atoms with E-state index in [0.717, 1.165) is 23.1 Å². The van der Waals surface area contributed by atoms with Crippen LogP contribution in [0.3, 0.4) is 0 Å². The van der Waals surface area contributed by atoms with Crippen molar-refractivity contribution in [2.75, 3.05) is 0 Å². The van der Waals surface area contributed by atoms with Crippen LogP contribution in [0.2, 0.25) is 0 Å². The lowest BCUT2D eigenvalue weighted by atomic mass is 10.1. The second-order valence-corrected chi connectivity index (χ2v) is 6.16. The van der Waals surface area contributed by atoms with E-state index in [1.807, 2.05) is 72.8 Å². The molecule has 0 saturated carbocycles. The van der Waals surface area contributed by atoms with Crippen molar-refractivity contribution in [1.29, 1.82) is 0 Å². The van der Waals surface area contributed by atoms with Crippen LogP contribution in [0.1, 0.15) is 16.1 Å². The number of ether oxygens (including phenoxy) is 1. The monoisotopic (exact) mass is 354 g/mol.